The first-order valence-electron chi connectivity index (χ1n) is 5.00. The highest BCUT2D eigenvalue weighted by atomic mass is 19.1. The minimum atomic E-state index is -1.22. The number of anilines is 1. The zero-order valence-corrected chi connectivity index (χ0v) is 9.09. The largest absolute Gasteiger partial charge is 0.464 e. The molecule has 0 spiro atoms. The molecular weight excluding hydrogens is 239 g/mol. The number of hydrogen-bond donors (Lipinski definition) is 3. The fourth-order valence-electron chi connectivity index (χ4n) is 1.29. The summed E-state index contributed by atoms with van der Waals surface area (Å²) in [6, 6.07) is 9.03. The van der Waals surface area contributed by atoms with Gasteiger partial charge in [0.2, 0.25) is 0 Å². The quantitative estimate of drug-likeness (QED) is 0.722. The lowest BCUT2D eigenvalue weighted by Crippen LogP contribution is -2.27. The number of amides is 1. The number of carbonyl (C=O) groups is 1. The van der Waals surface area contributed by atoms with Crippen LogP contribution in [0, 0.1) is 5.82 Å². The minimum Gasteiger partial charge on any atom is -0.464 e. The van der Waals surface area contributed by atoms with Crippen molar-refractivity contribution < 1.29 is 14.3 Å². The van der Waals surface area contributed by atoms with Gasteiger partial charge in [0.05, 0.1) is 5.69 Å². The van der Waals surface area contributed by atoms with Gasteiger partial charge in [0.25, 0.3) is 0 Å². The van der Waals surface area contributed by atoms with Gasteiger partial charge in [-0.05, 0) is 36.4 Å². The van der Waals surface area contributed by atoms with Crippen LogP contribution in [0.25, 0.3) is 11.3 Å². The number of hydrazine groups is 1. The van der Waals surface area contributed by atoms with E-state index >= 15 is 0 Å². The maximum Gasteiger partial charge on any atom is 0.423 e. The number of nitrogens with zero attached hydrogens (tertiary/aromatic N) is 2. The second-order valence-corrected chi connectivity index (χ2v) is 3.37. The van der Waals surface area contributed by atoms with Gasteiger partial charge in [-0.2, -0.15) is 0 Å². The Morgan fingerprint density at radius 3 is 2.39 bits per heavy atom. The van der Waals surface area contributed by atoms with E-state index in [1.165, 1.54) is 12.1 Å². The Balaban J connectivity index is 2.12. The van der Waals surface area contributed by atoms with Crippen molar-refractivity contribution in [3.05, 3.63) is 42.2 Å². The summed E-state index contributed by atoms with van der Waals surface area (Å²) in [5.41, 5.74) is 5.58. The van der Waals surface area contributed by atoms with Crippen molar-refractivity contribution in [3.8, 4) is 11.3 Å². The highest BCUT2D eigenvalue weighted by Gasteiger charge is 2.02. The molecule has 0 saturated carbocycles. The summed E-state index contributed by atoms with van der Waals surface area (Å²) in [4.78, 5) is 10.2. The third-order valence-electron chi connectivity index (χ3n) is 2.10. The summed E-state index contributed by atoms with van der Waals surface area (Å²) in [5.74, 6) is -0.0566. The molecule has 0 aliphatic heterocycles. The molecule has 1 amide bonds. The molecule has 0 radical (unpaired) electrons. The molecule has 3 N–H and O–H groups in total. The number of hydrogen-bond acceptors (Lipinski definition) is 4. The fourth-order valence-corrected chi connectivity index (χ4v) is 1.29. The Labute approximate surface area is 101 Å². The molecule has 0 bridgehead atoms. The summed E-state index contributed by atoms with van der Waals surface area (Å²) in [5, 5.41) is 16.0. The Morgan fingerprint density at radius 2 is 1.83 bits per heavy atom. The van der Waals surface area contributed by atoms with Crippen LogP contribution in [-0.4, -0.2) is 21.4 Å². The van der Waals surface area contributed by atoms with E-state index in [9.17, 15) is 9.18 Å². The lowest BCUT2D eigenvalue weighted by Gasteiger charge is -2.04. The van der Waals surface area contributed by atoms with Crippen LogP contribution < -0.4 is 10.9 Å². The smallest absolute Gasteiger partial charge is 0.423 e. The monoisotopic (exact) mass is 248 g/mol. The van der Waals surface area contributed by atoms with E-state index in [0.717, 1.165) is 5.56 Å². The van der Waals surface area contributed by atoms with Crippen molar-refractivity contribution in [2.24, 2.45) is 0 Å². The topological polar surface area (TPSA) is 87.1 Å². The van der Waals surface area contributed by atoms with Gasteiger partial charge in [0.15, 0.2) is 5.82 Å². The molecule has 1 heterocycles. The summed E-state index contributed by atoms with van der Waals surface area (Å²) in [7, 11) is 0. The number of carboxylic acid groups (broad SMARTS) is 1. The van der Waals surface area contributed by atoms with Crippen LogP contribution >= 0.6 is 0 Å². The molecule has 0 saturated heterocycles. The summed E-state index contributed by atoms with van der Waals surface area (Å²) in [6.07, 6.45) is -1.22. The molecule has 2 rings (SSSR count). The fraction of sp³-hybridized carbons (Fsp3) is 0. The number of benzene rings is 1. The molecule has 92 valence electrons. The van der Waals surface area contributed by atoms with E-state index in [4.69, 9.17) is 5.11 Å². The summed E-state index contributed by atoms with van der Waals surface area (Å²) < 4.78 is 12.7. The van der Waals surface area contributed by atoms with E-state index in [1.54, 1.807) is 24.3 Å². The van der Waals surface area contributed by atoms with Crippen LogP contribution in [0.2, 0.25) is 0 Å². The van der Waals surface area contributed by atoms with Gasteiger partial charge in [-0.3, -0.25) is 5.43 Å². The van der Waals surface area contributed by atoms with Gasteiger partial charge < -0.3 is 5.11 Å². The molecule has 18 heavy (non-hydrogen) atoms. The second-order valence-electron chi connectivity index (χ2n) is 3.37. The maximum atomic E-state index is 12.7. The van der Waals surface area contributed by atoms with Crippen LogP contribution in [-0.2, 0) is 0 Å². The molecular formula is C11H9FN4O2. The Bertz CT molecular complexity index is 542. The van der Waals surface area contributed by atoms with Gasteiger partial charge in [-0.15, -0.1) is 10.2 Å². The van der Waals surface area contributed by atoms with E-state index in [-0.39, 0.29) is 11.6 Å². The lowest BCUT2D eigenvalue weighted by atomic mass is 10.1. The van der Waals surface area contributed by atoms with Gasteiger partial charge >= 0.3 is 6.09 Å². The Hall–Kier alpha value is -2.70. The Kier molecular flexibility index (Phi) is 3.33. The van der Waals surface area contributed by atoms with Crippen LogP contribution in [0.5, 0.6) is 0 Å². The molecule has 1 aromatic carbocycles. The van der Waals surface area contributed by atoms with Crippen LogP contribution in [0.3, 0.4) is 0 Å². The van der Waals surface area contributed by atoms with Crippen molar-refractivity contribution in [1.29, 1.82) is 0 Å². The predicted octanol–water partition coefficient (Wildman–Crippen LogP) is 1.88. The SMILES string of the molecule is O=C(O)NNc1ccc(-c2ccc(F)cc2)nn1. The average molecular weight is 248 g/mol. The molecule has 0 aliphatic carbocycles. The van der Waals surface area contributed by atoms with Gasteiger partial charge in [0.1, 0.15) is 5.82 Å². The second kappa shape index (κ2) is 5.09. The number of nitrogens with one attached hydrogen (secondary N) is 2. The van der Waals surface area contributed by atoms with Gasteiger partial charge in [-0.25, -0.2) is 14.6 Å². The van der Waals surface area contributed by atoms with E-state index < -0.39 is 6.09 Å². The number of aromatic nitrogens is 2. The third-order valence-corrected chi connectivity index (χ3v) is 2.10. The maximum absolute atomic E-state index is 12.7. The average Bonchev–Trinajstić information content (AvgIpc) is 2.38. The first kappa shape index (κ1) is 11.8. The first-order chi connectivity index (χ1) is 8.65. The van der Waals surface area contributed by atoms with Crippen molar-refractivity contribution >= 4 is 11.9 Å². The normalized spacial score (nSPS) is 9.83. The molecule has 1 aromatic heterocycles. The van der Waals surface area contributed by atoms with E-state index in [1.807, 2.05) is 5.43 Å². The van der Waals surface area contributed by atoms with Crippen molar-refractivity contribution in [2.75, 3.05) is 5.43 Å². The highest BCUT2D eigenvalue weighted by Crippen LogP contribution is 2.17. The molecule has 2 aromatic rings. The standard InChI is InChI=1S/C11H9FN4O2/c12-8-3-1-7(2-4-8)9-5-6-10(14-13-9)15-16-11(17)18/h1-6,16H,(H,14,15)(H,17,18). The summed E-state index contributed by atoms with van der Waals surface area (Å²) in [6.45, 7) is 0. The van der Waals surface area contributed by atoms with E-state index in [0.29, 0.717) is 5.69 Å². The molecule has 0 fully saturated rings. The van der Waals surface area contributed by atoms with E-state index in [2.05, 4.69) is 15.6 Å². The van der Waals surface area contributed by atoms with Crippen molar-refractivity contribution in [1.82, 2.24) is 15.6 Å². The number of rotatable bonds is 3. The zero-order chi connectivity index (χ0) is 13.0. The molecule has 0 unspecified atom stereocenters. The molecule has 7 heteroatoms. The minimum absolute atomic E-state index is 0.267. The lowest BCUT2D eigenvalue weighted by molar-refractivity contribution is 0.197. The third kappa shape index (κ3) is 2.91. The van der Waals surface area contributed by atoms with Crippen molar-refractivity contribution in [2.45, 2.75) is 0 Å². The highest BCUT2D eigenvalue weighted by molar-refractivity contribution is 5.66. The zero-order valence-electron chi connectivity index (χ0n) is 9.09. The van der Waals surface area contributed by atoms with Crippen LogP contribution in [0.15, 0.2) is 36.4 Å². The molecule has 6 nitrogen and oxygen atoms in total. The molecule has 0 aliphatic rings. The Morgan fingerprint density at radius 1 is 1.11 bits per heavy atom. The van der Waals surface area contributed by atoms with Crippen molar-refractivity contribution in [3.63, 3.8) is 0 Å². The van der Waals surface area contributed by atoms with Crippen LogP contribution in [0.1, 0.15) is 0 Å². The first-order valence-corrected chi connectivity index (χ1v) is 5.00. The number of halogens is 1. The summed E-state index contributed by atoms with van der Waals surface area (Å²) >= 11 is 0. The van der Waals surface area contributed by atoms with Crippen LogP contribution in [0.4, 0.5) is 15.0 Å². The molecule has 0 atom stereocenters. The van der Waals surface area contributed by atoms with Gasteiger partial charge in [0, 0.05) is 5.56 Å². The predicted molar refractivity (Wildman–Crippen MR) is 62.2 cm³/mol. The van der Waals surface area contributed by atoms with Gasteiger partial charge in [-0.1, -0.05) is 0 Å².